The zero-order valence-corrected chi connectivity index (χ0v) is 14.4. The van der Waals surface area contributed by atoms with E-state index >= 15 is 0 Å². The van der Waals surface area contributed by atoms with E-state index in [4.69, 9.17) is 4.74 Å². The molecule has 3 rings (SSSR count). The molecule has 0 spiro atoms. The number of aliphatic hydroxyl groups is 1. The predicted molar refractivity (Wildman–Crippen MR) is 98.7 cm³/mol. The van der Waals surface area contributed by atoms with Gasteiger partial charge in [0.05, 0.1) is 0 Å². The van der Waals surface area contributed by atoms with Gasteiger partial charge in [-0.1, -0.05) is 54.6 Å². The van der Waals surface area contributed by atoms with E-state index in [-0.39, 0.29) is 12.4 Å². The van der Waals surface area contributed by atoms with E-state index in [0.717, 1.165) is 27.8 Å². The first-order valence-electron chi connectivity index (χ1n) is 8.33. The molecular formula is C22H19FO3. The van der Waals surface area contributed by atoms with Gasteiger partial charge in [-0.3, -0.25) is 0 Å². The number of aliphatic hydroxyl groups excluding tert-OH is 1. The number of hydrogen-bond donors (Lipinski definition) is 1. The molecule has 1 atom stereocenters. The van der Waals surface area contributed by atoms with E-state index in [9.17, 15) is 14.3 Å². The Morgan fingerprint density at radius 3 is 2.04 bits per heavy atom. The molecule has 0 fully saturated rings. The number of benzene rings is 3. The smallest absolute Gasteiger partial charge is 0.334 e. The Morgan fingerprint density at radius 2 is 1.46 bits per heavy atom. The lowest BCUT2D eigenvalue weighted by Crippen LogP contribution is -2.18. The lowest BCUT2D eigenvalue weighted by Gasteiger charge is -2.09. The molecule has 3 nitrogen and oxygen atoms in total. The third-order valence-electron chi connectivity index (χ3n) is 4.04. The van der Waals surface area contributed by atoms with Gasteiger partial charge in [0.25, 0.3) is 0 Å². The summed E-state index contributed by atoms with van der Waals surface area (Å²) in [6.07, 6.45) is -1.13. The van der Waals surface area contributed by atoms with Crippen LogP contribution in [0.4, 0.5) is 4.39 Å². The lowest BCUT2D eigenvalue weighted by molar-refractivity contribution is -0.153. The highest BCUT2D eigenvalue weighted by Gasteiger charge is 2.10. The average Bonchev–Trinajstić information content (AvgIpc) is 2.67. The minimum atomic E-state index is -1.13. The van der Waals surface area contributed by atoms with Gasteiger partial charge in [-0.15, -0.1) is 0 Å². The van der Waals surface area contributed by atoms with Crippen LogP contribution in [0.1, 0.15) is 12.5 Å². The molecule has 0 aliphatic rings. The number of ether oxygens (including phenoxy) is 1. The normalized spacial score (nSPS) is 11.8. The van der Waals surface area contributed by atoms with Crippen molar-refractivity contribution in [2.75, 3.05) is 0 Å². The van der Waals surface area contributed by atoms with Crippen molar-refractivity contribution in [3.63, 3.8) is 0 Å². The molecule has 0 saturated carbocycles. The number of carbonyl (C=O) groups excluding carboxylic acids is 1. The Kier molecular flexibility index (Phi) is 5.44. The highest BCUT2D eigenvalue weighted by molar-refractivity contribution is 5.74. The van der Waals surface area contributed by atoms with Crippen LogP contribution in [0, 0.1) is 5.82 Å². The van der Waals surface area contributed by atoms with Gasteiger partial charge < -0.3 is 9.84 Å². The molecule has 1 N–H and O–H groups in total. The molecule has 0 amide bonds. The summed E-state index contributed by atoms with van der Waals surface area (Å²) in [6, 6.07) is 22.1. The predicted octanol–water partition coefficient (Wildman–Crippen LogP) is 4.58. The van der Waals surface area contributed by atoms with Crippen molar-refractivity contribution in [2.24, 2.45) is 0 Å². The largest absolute Gasteiger partial charge is 0.459 e. The molecule has 3 aromatic carbocycles. The maximum absolute atomic E-state index is 13.0. The van der Waals surface area contributed by atoms with Gasteiger partial charge in [-0.05, 0) is 52.9 Å². The minimum absolute atomic E-state index is 0.116. The van der Waals surface area contributed by atoms with Gasteiger partial charge in [0.2, 0.25) is 0 Å². The van der Waals surface area contributed by atoms with Crippen molar-refractivity contribution in [1.29, 1.82) is 0 Å². The Balaban J connectivity index is 1.76. The standard InChI is InChI=1S/C22H19FO3/c1-15(24)22(25)26-14-16-3-2-4-20(13-16)19-7-5-17(6-8-19)18-9-11-21(23)12-10-18/h2-13,15,24H,14H2,1H3. The molecule has 0 aliphatic heterocycles. The highest BCUT2D eigenvalue weighted by Crippen LogP contribution is 2.25. The molecule has 1 unspecified atom stereocenters. The molecule has 132 valence electrons. The molecule has 3 aromatic rings. The van der Waals surface area contributed by atoms with Crippen LogP contribution in [0.5, 0.6) is 0 Å². The summed E-state index contributed by atoms with van der Waals surface area (Å²) in [5.41, 5.74) is 4.84. The Hall–Kier alpha value is -2.98. The third-order valence-corrected chi connectivity index (χ3v) is 4.04. The summed E-state index contributed by atoms with van der Waals surface area (Å²) in [5, 5.41) is 9.17. The SMILES string of the molecule is CC(O)C(=O)OCc1cccc(-c2ccc(-c3ccc(F)cc3)cc2)c1. The first kappa shape index (κ1) is 17.8. The molecule has 0 aliphatic carbocycles. The number of hydrogen-bond acceptors (Lipinski definition) is 3. The van der Waals surface area contributed by atoms with Crippen molar-refractivity contribution in [3.8, 4) is 22.3 Å². The molecule has 0 bridgehead atoms. The zero-order valence-electron chi connectivity index (χ0n) is 14.4. The second-order valence-electron chi connectivity index (χ2n) is 6.07. The molecule has 0 saturated heterocycles. The quantitative estimate of drug-likeness (QED) is 0.685. The van der Waals surface area contributed by atoms with Crippen LogP contribution in [0.25, 0.3) is 22.3 Å². The van der Waals surface area contributed by atoms with Gasteiger partial charge in [0.1, 0.15) is 18.5 Å². The van der Waals surface area contributed by atoms with E-state index in [1.165, 1.54) is 19.1 Å². The zero-order chi connectivity index (χ0) is 18.5. The second kappa shape index (κ2) is 7.93. The number of halogens is 1. The first-order valence-corrected chi connectivity index (χ1v) is 8.33. The van der Waals surface area contributed by atoms with Crippen LogP contribution in [0.15, 0.2) is 72.8 Å². The van der Waals surface area contributed by atoms with Crippen LogP contribution >= 0.6 is 0 Å². The van der Waals surface area contributed by atoms with Crippen LogP contribution in [-0.2, 0) is 16.1 Å². The highest BCUT2D eigenvalue weighted by atomic mass is 19.1. The van der Waals surface area contributed by atoms with Crippen LogP contribution in [0.2, 0.25) is 0 Å². The second-order valence-corrected chi connectivity index (χ2v) is 6.07. The summed E-state index contributed by atoms with van der Waals surface area (Å²) in [5.74, 6) is -0.891. The molecule has 0 aromatic heterocycles. The van der Waals surface area contributed by atoms with Gasteiger partial charge in [-0.2, -0.15) is 0 Å². The van der Waals surface area contributed by atoms with Gasteiger partial charge >= 0.3 is 5.97 Å². The van der Waals surface area contributed by atoms with Crippen molar-refractivity contribution in [3.05, 3.63) is 84.2 Å². The Morgan fingerprint density at radius 1 is 0.923 bits per heavy atom. The Bertz CT molecular complexity index is 884. The maximum Gasteiger partial charge on any atom is 0.334 e. The van der Waals surface area contributed by atoms with Gasteiger partial charge in [-0.25, -0.2) is 9.18 Å². The monoisotopic (exact) mass is 350 g/mol. The average molecular weight is 350 g/mol. The topological polar surface area (TPSA) is 46.5 Å². The van der Waals surface area contributed by atoms with Crippen molar-refractivity contribution < 1.29 is 19.0 Å². The summed E-state index contributed by atoms with van der Waals surface area (Å²) in [4.78, 5) is 11.4. The first-order chi connectivity index (χ1) is 12.5. The molecule has 4 heteroatoms. The van der Waals surface area contributed by atoms with Crippen LogP contribution < -0.4 is 0 Å². The fourth-order valence-corrected chi connectivity index (χ4v) is 2.61. The fraction of sp³-hybridized carbons (Fsp3) is 0.136. The van der Waals surface area contributed by atoms with Gasteiger partial charge in [0, 0.05) is 0 Å². The van der Waals surface area contributed by atoms with E-state index in [2.05, 4.69) is 0 Å². The molecule has 0 radical (unpaired) electrons. The fourth-order valence-electron chi connectivity index (χ4n) is 2.61. The van der Waals surface area contributed by atoms with E-state index in [0.29, 0.717) is 0 Å². The Labute approximate surface area is 151 Å². The van der Waals surface area contributed by atoms with Crippen molar-refractivity contribution in [2.45, 2.75) is 19.6 Å². The minimum Gasteiger partial charge on any atom is -0.459 e. The van der Waals surface area contributed by atoms with E-state index in [1.807, 2.05) is 48.5 Å². The van der Waals surface area contributed by atoms with Gasteiger partial charge in [0.15, 0.2) is 0 Å². The number of carbonyl (C=O) groups is 1. The lowest BCUT2D eigenvalue weighted by atomic mass is 9.99. The van der Waals surface area contributed by atoms with E-state index in [1.54, 1.807) is 12.1 Å². The third kappa shape index (κ3) is 4.35. The summed E-state index contributed by atoms with van der Waals surface area (Å²) in [6.45, 7) is 1.49. The van der Waals surface area contributed by atoms with Crippen molar-refractivity contribution in [1.82, 2.24) is 0 Å². The molecule has 26 heavy (non-hydrogen) atoms. The molecule has 0 heterocycles. The maximum atomic E-state index is 13.0. The number of esters is 1. The van der Waals surface area contributed by atoms with E-state index < -0.39 is 12.1 Å². The summed E-state index contributed by atoms with van der Waals surface area (Å²) in [7, 11) is 0. The summed E-state index contributed by atoms with van der Waals surface area (Å²) < 4.78 is 18.1. The summed E-state index contributed by atoms with van der Waals surface area (Å²) >= 11 is 0. The molecular weight excluding hydrogens is 331 g/mol. The van der Waals surface area contributed by atoms with Crippen LogP contribution in [-0.4, -0.2) is 17.2 Å². The van der Waals surface area contributed by atoms with Crippen LogP contribution in [0.3, 0.4) is 0 Å². The van der Waals surface area contributed by atoms with Crippen molar-refractivity contribution >= 4 is 5.97 Å². The number of rotatable bonds is 5.